The van der Waals surface area contributed by atoms with Crippen molar-refractivity contribution in [3.05, 3.63) is 41.2 Å². The smallest absolute Gasteiger partial charge is 0.356 e. The Morgan fingerprint density at radius 3 is 2.38 bits per heavy atom. The predicted octanol–water partition coefficient (Wildman–Crippen LogP) is 1.45. The van der Waals surface area contributed by atoms with Crippen LogP contribution in [0.25, 0.3) is 0 Å². The van der Waals surface area contributed by atoms with Crippen molar-refractivity contribution in [1.82, 2.24) is 9.78 Å². The molecule has 0 unspecified atom stereocenters. The number of carboxylic acid groups (broad SMARTS) is 1. The summed E-state index contributed by atoms with van der Waals surface area (Å²) in [5.41, 5.74) is 1.02. The predicted molar refractivity (Wildman–Crippen MR) is 91.3 cm³/mol. The van der Waals surface area contributed by atoms with Crippen LogP contribution in [0.2, 0.25) is 0 Å². The fourth-order valence-corrected chi connectivity index (χ4v) is 2.35. The minimum Gasteiger partial charge on any atom is -0.497 e. The summed E-state index contributed by atoms with van der Waals surface area (Å²) in [6.45, 7) is 1.77. The van der Waals surface area contributed by atoms with E-state index in [0.717, 1.165) is 12.7 Å². The molecule has 1 aromatic carbocycles. The first-order chi connectivity index (χ1) is 12.3. The van der Waals surface area contributed by atoms with Crippen molar-refractivity contribution in [1.29, 1.82) is 0 Å². The second kappa shape index (κ2) is 8.15. The number of hydrogen-bond acceptors (Lipinski definition) is 6. The molecule has 0 bridgehead atoms. The van der Waals surface area contributed by atoms with Gasteiger partial charge in [0.05, 0.1) is 32.1 Å². The first-order valence-corrected chi connectivity index (χ1v) is 7.66. The van der Waals surface area contributed by atoms with Crippen molar-refractivity contribution in [2.24, 2.45) is 0 Å². The molecule has 26 heavy (non-hydrogen) atoms. The van der Waals surface area contributed by atoms with E-state index in [0.29, 0.717) is 11.4 Å². The highest BCUT2D eigenvalue weighted by molar-refractivity contribution is 6.05. The molecule has 2 rings (SSSR count). The highest BCUT2D eigenvalue weighted by atomic mass is 16.5. The van der Waals surface area contributed by atoms with E-state index in [-0.39, 0.29) is 17.9 Å². The van der Waals surface area contributed by atoms with E-state index in [1.165, 1.54) is 4.68 Å². The van der Waals surface area contributed by atoms with Crippen LogP contribution in [0.1, 0.15) is 28.2 Å². The fourth-order valence-electron chi connectivity index (χ4n) is 2.35. The first kappa shape index (κ1) is 19.0. The Labute approximate surface area is 149 Å². The lowest BCUT2D eigenvalue weighted by Gasteiger charge is -2.08. The number of amides is 1. The van der Waals surface area contributed by atoms with Gasteiger partial charge in [0, 0.05) is 0 Å². The molecule has 0 saturated heterocycles. The standard InChI is InChI=1S/C17H19N3O6/c1-10-15(18-13(21)8-14(22)26-3)16(17(23)24)20(19-10)9-11-4-6-12(25-2)7-5-11/h4-7H,8-9H2,1-3H3,(H,18,21)(H,23,24). The van der Waals surface area contributed by atoms with Crippen LogP contribution in [-0.4, -0.2) is 47.0 Å². The molecule has 0 atom stereocenters. The van der Waals surface area contributed by atoms with Crippen molar-refractivity contribution in [3.63, 3.8) is 0 Å². The largest absolute Gasteiger partial charge is 0.497 e. The lowest BCUT2D eigenvalue weighted by Crippen LogP contribution is -2.20. The van der Waals surface area contributed by atoms with Crippen LogP contribution in [0.15, 0.2) is 24.3 Å². The lowest BCUT2D eigenvalue weighted by atomic mass is 10.2. The quantitative estimate of drug-likeness (QED) is 0.566. The molecule has 1 amide bonds. The number of esters is 1. The number of anilines is 1. The van der Waals surface area contributed by atoms with Crippen molar-refractivity contribution in [2.75, 3.05) is 19.5 Å². The molecule has 0 radical (unpaired) electrons. The molecule has 0 aliphatic rings. The van der Waals surface area contributed by atoms with Gasteiger partial charge in [0.15, 0.2) is 5.69 Å². The number of aryl methyl sites for hydroxylation is 1. The molecule has 1 heterocycles. The van der Waals surface area contributed by atoms with Crippen molar-refractivity contribution < 1.29 is 29.0 Å². The molecule has 0 spiro atoms. The zero-order valence-corrected chi connectivity index (χ0v) is 14.6. The summed E-state index contributed by atoms with van der Waals surface area (Å²) in [5, 5.41) is 16.2. The summed E-state index contributed by atoms with van der Waals surface area (Å²) in [7, 11) is 2.72. The molecule has 0 aliphatic carbocycles. The average Bonchev–Trinajstić information content (AvgIpc) is 2.90. The Morgan fingerprint density at radius 1 is 1.19 bits per heavy atom. The average molecular weight is 361 g/mol. The van der Waals surface area contributed by atoms with Gasteiger partial charge in [-0.15, -0.1) is 0 Å². The third kappa shape index (κ3) is 4.38. The minimum atomic E-state index is -1.24. The van der Waals surface area contributed by atoms with Gasteiger partial charge in [-0.1, -0.05) is 12.1 Å². The summed E-state index contributed by atoms with van der Waals surface area (Å²) in [6, 6.07) is 7.09. The molecule has 2 N–H and O–H groups in total. The highest BCUT2D eigenvalue weighted by Gasteiger charge is 2.23. The maximum Gasteiger partial charge on any atom is 0.356 e. The third-order valence-corrected chi connectivity index (χ3v) is 3.62. The SMILES string of the molecule is COC(=O)CC(=O)Nc1c(C)nn(Cc2ccc(OC)cc2)c1C(=O)O. The molecule has 0 saturated carbocycles. The second-order valence-electron chi connectivity index (χ2n) is 5.42. The van der Waals surface area contributed by atoms with Crippen LogP contribution in [0.3, 0.4) is 0 Å². The molecule has 2 aromatic rings. The number of hydrogen-bond donors (Lipinski definition) is 2. The molecule has 9 heteroatoms. The van der Waals surface area contributed by atoms with Crippen LogP contribution >= 0.6 is 0 Å². The number of methoxy groups -OCH3 is 2. The van der Waals surface area contributed by atoms with Crippen molar-refractivity contribution in [3.8, 4) is 5.75 Å². The van der Waals surface area contributed by atoms with E-state index in [9.17, 15) is 19.5 Å². The van der Waals surface area contributed by atoms with E-state index in [2.05, 4.69) is 15.2 Å². The first-order valence-electron chi connectivity index (χ1n) is 7.66. The molecule has 138 valence electrons. The number of carbonyl (C=O) groups excluding carboxylic acids is 2. The van der Waals surface area contributed by atoms with E-state index >= 15 is 0 Å². The summed E-state index contributed by atoms with van der Waals surface area (Å²) in [6.07, 6.45) is -0.515. The van der Waals surface area contributed by atoms with Gasteiger partial charge in [-0.25, -0.2) is 4.79 Å². The van der Waals surface area contributed by atoms with Gasteiger partial charge in [0.2, 0.25) is 5.91 Å². The number of benzene rings is 1. The lowest BCUT2D eigenvalue weighted by molar-refractivity contribution is -0.142. The zero-order valence-electron chi connectivity index (χ0n) is 14.6. The number of carboxylic acids is 1. The maximum atomic E-state index is 11.9. The van der Waals surface area contributed by atoms with Crippen LogP contribution in [0.4, 0.5) is 5.69 Å². The maximum absolute atomic E-state index is 11.9. The number of nitrogens with zero attached hydrogens (tertiary/aromatic N) is 2. The number of rotatable bonds is 7. The number of aromatic carboxylic acids is 1. The Bertz CT molecular complexity index is 826. The van der Waals surface area contributed by atoms with E-state index in [1.807, 2.05) is 0 Å². The molecular weight excluding hydrogens is 342 g/mol. The van der Waals surface area contributed by atoms with Gasteiger partial charge in [-0.2, -0.15) is 5.10 Å². The summed E-state index contributed by atoms with van der Waals surface area (Å²) >= 11 is 0. The molecule has 1 aromatic heterocycles. The van der Waals surface area contributed by atoms with E-state index in [1.54, 1.807) is 38.3 Å². The van der Waals surface area contributed by atoms with Crippen LogP contribution in [0, 0.1) is 6.92 Å². The van der Waals surface area contributed by atoms with Gasteiger partial charge >= 0.3 is 11.9 Å². The summed E-state index contributed by atoms with van der Waals surface area (Å²) in [4.78, 5) is 34.8. The second-order valence-corrected chi connectivity index (χ2v) is 5.42. The van der Waals surface area contributed by atoms with Crippen LogP contribution in [0.5, 0.6) is 5.75 Å². The Morgan fingerprint density at radius 2 is 1.85 bits per heavy atom. The highest BCUT2D eigenvalue weighted by Crippen LogP contribution is 2.22. The van der Waals surface area contributed by atoms with Gasteiger partial charge in [0.25, 0.3) is 0 Å². The van der Waals surface area contributed by atoms with E-state index in [4.69, 9.17) is 4.74 Å². The van der Waals surface area contributed by atoms with Crippen molar-refractivity contribution >= 4 is 23.5 Å². The molecule has 9 nitrogen and oxygen atoms in total. The Kier molecular flexibility index (Phi) is 5.94. The van der Waals surface area contributed by atoms with Crippen LogP contribution < -0.4 is 10.1 Å². The Hall–Kier alpha value is -3.36. The molecule has 0 fully saturated rings. The van der Waals surface area contributed by atoms with Gasteiger partial charge in [-0.3, -0.25) is 14.3 Å². The number of carbonyl (C=O) groups is 3. The number of nitrogens with one attached hydrogen (secondary N) is 1. The molecular formula is C17H19N3O6. The monoisotopic (exact) mass is 361 g/mol. The summed E-state index contributed by atoms with van der Waals surface area (Å²) in [5.74, 6) is -1.96. The fraction of sp³-hybridized carbons (Fsp3) is 0.294. The third-order valence-electron chi connectivity index (χ3n) is 3.62. The van der Waals surface area contributed by atoms with Gasteiger partial charge in [0.1, 0.15) is 12.2 Å². The van der Waals surface area contributed by atoms with Gasteiger partial charge in [-0.05, 0) is 24.6 Å². The Balaban J connectivity index is 2.28. The molecule has 0 aliphatic heterocycles. The number of aromatic nitrogens is 2. The summed E-state index contributed by atoms with van der Waals surface area (Å²) < 4.78 is 10.8. The number of ether oxygens (including phenoxy) is 2. The van der Waals surface area contributed by atoms with Gasteiger partial charge < -0.3 is 19.9 Å². The van der Waals surface area contributed by atoms with E-state index < -0.39 is 24.3 Å². The normalized spacial score (nSPS) is 10.3. The topological polar surface area (TPSA) is 120 Å². The minimum absolute atomic E-state index is 0.0555. The van der Waals surface area contributed by atoms with Crippen molar-refractivity contribution in [2.45, 2.75) is 19.9 Å². The zero-order chi connectivity index (χ0) is 19.3. The van der Waals surface area contributed by atoms with Crippen LogP contribution in [-0.2, 0) is 20.9 Å².